The van der Waals surface area contributed by atoms with Gasteiger partial charge < -0.3 is 9.88 Å². The Bertz CT molecular complexity index is 976. The summed E-state index contributed by atoms with van der Waals surface area (Å²) in [7, 11) is -3.36. The molecule has 29 heavy (non-hydrogen) atoms. The van der Waals surface area contributed by atoms with E-state index >= 15 is 0 Å². The summed E-state index contributed by atoms with van der Waals surface area (Å²) in [5.74, 6) is -0.515. The minimum atomic E-state index is -3.36. The van der Waals surface area contributed by atoms with Crippen molar-refractivity contribution in [1.82, 2.24) is 5.32 Å². The number of amides is 1. The van der Waals surface area contributed by atoms with Crippen molar-refractivity contribution in [2.24, 2.45) is 0 Å². The summed E-state index contributed by atoms with van der Waals surface area (Å²) in [5.41, 5.74) is -0.379. The van der Waals surface area contributed by atoms with Crippen LogP contribution in [0.15, 0.2) is 91.0 Å². The summed E-state index contributed by atoms with van der Waals surface area (Å²) in [6, 6.07) is 26.3. The van der Waals surface area contributed by atoms with Crippen LogP contribution in [0.3, 0.4) is 0 Å². The first-order chi connectivity index (χ1) is 13.9. The molecule has 4 nitrogen and oxygen atoms in total. The lowest BCUT2D eigenvalue weighted by molar-refractivity contribution is -0.117. The minimum absolute atomic E-state index is 0.220. The molecule has 3 rings (SSSR count). The first-order valence-corrected chi connectivity index (χ1v) is 11.3. The number of Topliss-reactive ketones (excluding diaryl/α,β-unsaturated/α-hetero) is 1. The third-order valence-electron chi connectivity index (χ3n) is 4.96. The Hall–Kier alpha value is -2.97. The number of hydrogen-bond donors (Lipinski definition) is 1. The molecule has 0 aliphatic carbocycles. The van der Waals surface area contributed by atoms with Gasteiger partial charge in [0.1, 0.15) is 5.78 Å². The van der Waals surface area contributed by atoms with Crippen LogP contribution < -0.4 is 15.9 Å². The van der Waals surface area contributed by atoms with Crippen molar-refractivity contribution >= 4 is 29.4 Å². The van der Waals surface area contributed by atoms with Gasteiger partial charge in [0.2, 0.25) is 0 Å². The Morgan fingerprint density at radius 2 is 1.17 bits per heavy atom. The van der Waals surface area contributed by atoms with E-state index < -0.39 is 18.8 Å². The molecule has 3 aromatic rings. The van der Waals surface area contributed by atoms with Gasteiger partial charge in [-0.25, -0.2) is 0 Å². The van der Waals surface area contributed by atoms with E-state index in [1.54, 1.807) is 55.5 Å². The third kappa shape index (κ3) is 4.38. The molecule has 5 heteroatoms. The molecule has 0 spiro atoms. The second kappa shape index (κ2) is 9.02. The average Bonchev–Trinajstić information content (AvgIpc) is 2.75. The maximum atomic E-state index is 14.5. The van der Waals surface area contributed by atoms with Crippen molar-refractivity contribution in [3.8, 4) is 0 Å². The van der Waals surface area contributed by atoms with E-state index in [1.807, 2.05) is 42.5 Å². The molecule has 148 valence electrons. The molecule has 0 saturated carbocycles. The lowest BCUT2D eigenvalue weighted by atomic mass is 10.1. The first-order valence-electron chi connectivity index (χ1n) is 9.52. The molecule has 1 amide bonds. The van der Waals surface area contributed by atoms with E-state index in [-0.39, 0.29) is 11.7 Å². The minimum Gasteiger partial charge on any atom is -0.348 e. The van der Waals surface area contributed by atoms with Crippen LogP contribution in [0.5, 0.6) is 0 Å². The molecule has 0 unspecified atom stereocenters. The van der Waals surface area contributed by atoms with Crippen LogP contribution in [0.2, 0.25) is 0 Å². The summed E-state index contributed by atoms with van der Waals surface area (Å²) in [5, 5.41) is 4.10. The van der Waals surface area contributed by atoms with Crippen molar-refractivity contribution < 1.29 is 14.2 Å². The smallest absolute Gasteiger partial charge is 0.251 e. The number of carbonyl (C=O) groups is 2. The van der Waals surface area contributed by atoms with Gasteiger partial charge in [0.25, 0.3) is 5.91 Å². The summed E-state index contributed by atoms with van der Waals surface area (Å²) in [4.78, 5) is 25.4. The number of ketones is 1. The van der Waals surface area contributed by atoms with Crippen LogP contribution in [0, 0.1) is 0 Å². The van der Waals surface area contributed by atoms with Gasteiger partial charge in [-0.1, -0.05) is 78.9 Å². The molecule has 0 aromatic heterocycles. The third-order valence-corrected chi connectivity index (χ3v) is 8.68. The van der Waals surface area contributed by atoms with E-state index in [9.17, 15) is 14.2 Å². The van der Waals surface area contributed by atoms with Gasteiger partial charge in [-0.15, -0.1) is 0 Å². The van der Waals surface area contributed by atoms with Gasteiger partial charge in [-0.2, -0.15) is 0 Å². The molecule has 0 bridgehead atoms. The van der Waals surface area contributed by atoms with Crippen LogP contribution in [-0.2, 0) is 9.36 Å². The van der Waals surface area contributed by atoms with E-state index in [2.05, 4.69) is 5.32 Å². The highest BCUT2D eigenvalue weighted by Crippen LogP contribution is 2.50. The Morgan fingerprint density at radius 3 is 1.59 bits per heavy atom. The Morgan fingerprint density at radius 1 is 0.759 bits per heavy atom. The van der Waals surface area contributed by atoms with Crippen LogP contribution in [0.1, 0.15) is 24.2 Å². The number of rotatable bonds is 7. The lowest BCUT2D eigenvalue weighted by Crippen LogP contribution is -2.47. The Labute approximate surface area is 171 Å². The highest BCUT2D eigenvalue weighted by molar-refractivity contribution is 7.80. The topological polar surface area (TPSA) is 63.2 Å². The van der Waals surface area contributed by atoms with E-state index in [4.69, 9.17) is 0 Å². The normalized spacial score (nSPS) is 13.3. The van der Waals surface area contributed by atoms with Gasteiger partial charge in [0, 0.05) is 22.2 Å². The highest BCUT2D eigenvalue weighted by Gasteiger charge is 2.43. The van der Waals surface area contributed by atoms with Crippen LogP contribution in [0.25, 0.3) is 0 Å². The van der Waals surface area contributed by atoms with Gasteiger partial charge >= 0.3 is 0 Å². The number of hydrogen-bond acceptors (Lipinski definition) is 3. The number of carbonyl (C=O) groups excluding carboxylic acids is 2. The predicted molar refractivity (Wildman–Crippen MR) is 118 cm³/mol. The molecule has 3 aromatic carbocycles. The number of nitrogens with one attached hydrogen (secondary N) is 1. The fourth-order valence-corrected chi connectivity index (χ4v) is 7.04. The molecule has 0 radical (unpaired) electrons. The molecule has 0 heterocycles. The number of benzene rings is 3. The Balaban J connectivity index is 2.05. The first kappa shape index (κ1) is 20.8. The zero-order valence-electron chi connectivity index (χ0n) is 16.5. The van der Waals surface area contributed by atoms with Crippen LogP contribution >= 0.6 is 7.14 Å². The maximum absolute atomic E-state index is 14.5. The standard InChI is InChI=1S/C24H24NO3P/c1-18(25-24(27)20-12-6-3-7-13-20)23(19(2)26)29(28,21-14-8-4-9-15-21)22-16-10-5-11-17-22/h3-18,23H,1-2H3,(H,25,27)/t18-,23-/m0/s1. The SMILES string of the molecule is CC(=O)[C@H]([C@H](C)NC(=O)c1ccccc1)P(=O)(c1ccccc1)c1ccccc1. The highest BCUT2D eigenvalue weighted by atomic mass is 31.2. The Kier molecular flexibility index (Phi) is 6.46. The second-order valence-electron chi connectivity index (χ2n) is 7.01. The molecular weight excluding hydrogens is 381 g/mol. The van der Waals surface area contributed by atoms with Gasteiger partial charge in [-0.05, 0) is 26.0 Å². The zero-order chi connectivity index (χ0) is 20.9. The van der Waals surface area contributed by atoms with E-state index in [0.717, 1.165) is 0 Å². The van der Waals surface area contributed by atoms with E-state index in [1.165, 1.54) is 6.92 Å². The summed E-state index contributed by atoms with van der Waals surface area (Å²) < 4.78 is 14.5. The maximum Gasteiger partial charge on any atom is 0.251 e. The van der Waals surface area contributed by atoms with Crippen molar-refractivity contribution in [3.63, 3.8) is 0 Å². The van der Waals surface area contributed by atoms with Crippen molar-refractivity contribution in [2.45, 2.75) is 25.5 Å². The molecule has 0 fully saturated rings. The molecule has 0 aliphatic heterocycles. The van der Waals surface area contributed by atoms with E-state index in [0.29, 0.717) is 16.2 Å². The van der Waals surface area contributed by atoms with Crippen molar-refractivity contribution in [3.05, 3.63) is 96.6 Å². The van der Waals surface area contributed by atoms with Gasteiger partial charge in [0.15, 0.2) is 7.14 Å². The lowest BCUT2D eigenvalue weighted by Gasteiger charge is -2.31. The summed E-state index contributed by atoms with van der Waals surface area (Å²) in [6.07, 6.45) is 0. The molecule has 2 atom stereocenters. The summed E-state index contributed by atoms with van der Waals surface area (Å²) in [6.45, 7) is 3.18. The quantitative estimate of drug-likeness (QED) is 0.609. The fourth-order valence-electron chi connectivity index (χ4n) is 3.65. The molecular formula is C24H24NO3P. The molecule has 0 saturated heterocycles. The molecule has 0 aliphatic rings. The van der Waals surface area contributed by atoms with Crippen LogP contribution in [-0.4, -0.2) is 23.4 Å². The van der Waals surface area contributed by atoms with Crippen molar-refractivity contribution in [1.29, 1.82) is 0 Å². The largest absolute Gasteiger partial charge is 0.348 e. The van der Waals surface area contributed by atoms with Crippen LogP contribution in [0.4, 0.5) is 0 Å². The molecule has 1 N–H and O–H groups in total. The van der Waals surface area contributed by atoms with Gasteiger partial charge in [-0.3, -0.25) is 9.59 Å². The zero-order valence-corrected chi connectivity index (χ0v) is 17.4. The summed E-state index contributed by atoms with van der Waals surface area (Å²) >= 11 is 0. The predicted octanol–water partition coefficient (Wildman–Crippen LogP) is 3.78. The fraction of sp³-hybridized carbons (Fsp3) is 0.167. The average molecular weight is 405 g/mol. The monoisotopic (exact) mass is 405 g/mol. The second-order valence-corrected chi connectivity index (χ2v) is 9.92. The van der Waals surface area contributed by atoms with Gasteiger partial charge in [0.05, 0.1) is 5.66 Å². The van der Waals surface area contributed by atoms with Crippen molar-refractivity contribution in [2.75, 3.05) is 0 Å².